The van der Waals surface area contributed by atoms with Gasteiger partial charge in [-0.15, -0.1) is 0 Å². The van der Waals surface area contributed by atoms with Crippen LogP contribution in [-0.2, 0) is 5.54 Å². The number of likely N-dealkylation sites (tertiary alicyclic amines) is 1. The fraction of sp³-hybridized carbons (Fsp3) is 0.476. The first kappa shape index (κ1) is 19.9. The van der Waals surface area contributed by atoms with E-state index in [-0.39, 0.29) is 17.1 Å². The topological polar surface area (TPSA) is 78.8 Å². The molecule has 154 valence electrons. The lowest BCUT2D eigenvalue weighted by atomic mass is 10.1. The van der Waals surface area contributed by atoms with Gasteiger partial charge in [-0.3, -0.25) is 14.7 Å². The molecule has 1 aliphatic heterocycles. The van der Waals surface area contributed by atoms with Gasteiger partial charge in [-0.2, -0.15) is 10.1 Å². The van der Waals surface area contributed by atoms with Crippen LogP contribution < -0.4 is 10.9 Å². The van der Waals surface area contributed by atoms with Crippen LogP contribution in [0.15, 0.2) is 35.3 Å². The van der Waals surface area contributed by atoms with Crippen molar-refractivity contribution < 1.29 is 0 Å². The van der Waals surface area contributed by atoms with Crippen molar-refractivity contribution in [1.29, 1.82) is 0 Å². The summed E-state index contributed by atoms with van der Waals surface area (Å²) in [6, 6.07) is 8.14. The van der Waals surface area contributed by atoms with Crippen LogP contribution in [0.1, 0.15) is 45.2 Å². The molecule has 0 amide bonds. The molecule has 1 unspecified atom stereocenters. The number of nitrogens with one attached hydrogen (secondary N) is 2. The molecule has 1 aliphatic rings. The van der Waals surface area contributed by atoms with E-state index in [9.17, 15) is 4.79 Å². The zero-order valence-electron chi connectivity index (χ0n) is 17.1. The van der Waals surface area contributed by atoms with Gasteiger partial charge in [-0.05, 0) is 64.4 Å². The zero-order chi connectivity index (χ0) is 20.6. The normalized spacial score (nSPS) is 16.4. The second-order valence-electron chi connectivity index (χ2n) is 8.57. The van der Waals surface area contributed by atoms with Gasteiger partial charge in [0.2, 0.25) is 5.95 Å². The zero-order valence-corrected chi connectivity index (χ0v) is 17.8. The number of hydrogen-bond acceptors (Lipinski definition) is 5. The van der Waals surface area contributed by atoms with Crippen molar-refractivity contribution in [1.82, 2.24) is 24.6 Å². The highest BCUT2D eigenvalue weighted by molar-refractivity contribution is 6.30. The van der Waals surface area contributed by atoms with Crippen molar-refractivity contribution in [3.63, 3.8) is 0 Å². The number of benzene rings is 1. The number of rotatable bonds is 5. The van der Waals surface area contributed by atoms with E-state index in [0.717, 1.165) is 23.7 Å². The van der Waals surface area contributed by atoms with Crippen molar-refractivity contribution in [3.05, 3.63) is 51.4 Å². The van der Waals surface area contributed by atoms with Crippen LogP contribution in [0, 0.1) is 0 Å². The van der Waals surface area contributed by atoms with Crippen molar-refractivity contribution in [2.24, 2.45) is 0 Å². The molecule has 3 heterocycles. The molecule has 1 atom stereocenters. The fourth-order valence-electron chi connectivity index (χ4n) is 3.91. The van der Waals surface area contributed by atoms with Gasteiger partial charge in [-0.25, -0.2) is 4.68 Å². The number of hydrogen-bond donors (Lipinski definition) is 2. The molecule has 2 aromatic heterocycles. The summed E-state index contributed by atoms with van der Waals surface area (Å²) >= 11 is 6.24. The van der Waals surface area contributed by atoms with Crippen LogP contribution in [0.4, 0.5) is 5.95 Å². The third-order valence-electron chi connectivity index (χ3n) is 5.35. The predicted octanol–water partition coefficient (Wildman–Crippen LogP) is 3.78. The van der Waals surface area contributed by atoms with E-state index in [1.807, 2.05) is 39.0 Å². The summed E-state index contributed by atoms with van der Waals surface area (Å²) in [7, 11) is 0. The maximum atomic E-state index is 12.5. The first-order valence-electron chi connectivity index (χ1n) is 10.0. The largest absolute Gasteiger partial charge is 0.354 e. The van der Waals surface area contributed by atoms with E-state index in [1.54, 1.807) is 10.9 Å². The monoisotopic (exact) mass is 414 g/mol. The summed E-state index contributed by atoms with van der Waals surface area (Å²) < 4.78 is 1.79. The van der Waals surface area contributed by atoms with Gasteiger partial charge in [-0.1, -0.05) is 23.7 Å². The molecule has 0 spiro atoms. The van der Waals surface area contributed by atoms with Crippen LogP contribution in [0.3, 0.4) is 0 Å². The molecule has 3 aromatic rings. The number of anilines is 1. The van der Waals surface area contributed by atoms with E-state index in [2.05, 4.69) is 31.3 Å². The van der Waals surface area contributed by atoms with Gasteiger partial charge < -0.3 is 5.32 Å². The molecule has 29 heavy (non-hydrogen) atoms. The highest BCUT2D eigenvalue weighted by atomic mass is 35.5. The van der Waals surface area contributed by atoms with Gasteiger partial charge in [0, 0.05) is 11.6 Å². The van der Waals surface area contributed by atoms with Gasteiger partial charge >= 0.3 is 0 Å². The van der Waals surface area contributed by atoms with Gasteiger partial charge in [0.25, 0.3) is 5.56 Å². The molecule has 2 N–H and O–H groups in total. The Hall–Kier alpha value is -2.38. The predicted molar refractivity (Wildman–Crippen MR) is 117 cm³/mol. The Kier molecular flexibility index (Phi) is 5.36. The van der Waals surface area contributed by atoms with Crippen LogP contribution in [0.2, 0.25) is 5.02 Å². The SMILES string of the molecule is CC(C)(C)n1ncc2c(=O)[nH]c(NCC(c3cccc(Cl)c3)N3CCCC3)nc21. The quantitative estimate of drug-likeness (QED) is 0.664. The number of fused-ring (bicyclic) bond motifs is 1. The Morgan fingerprint density at radius 3 is 2.72 bits per heavy atom. The van der Waals surface area contributed by atoms with E-state index in [0.29, 0.717) is 23.5 Å². The maximum Gasteiger partial charge on any atom is 0.263 e. The summed E-state index contributed by atoms with van der Waals surface area (Å²) in [6.45, 7) is 8.85. The van der Waals surface area contributed by atoms with Gasteiger partial charge in [0.15, 0.2) is 5.65 Å². The molecule has 7 nitrogen and oxygen atoms in total. The first-order chi connectivity index (χ1) is 13.8. The van der Waals surface area contributed by atoms with Crippen molar-refractivity contribution >= 4 is 28.6 Å². The molecular weight excluding hydrogens is 388 g/mol. The van der Waals surface area contributed by atoms with E-state index >= 15 is 0 Å². The van der Waals surface area contributed by atoms with Crippen molar-refractivity contribution in [3.8, 4) is 0 Å². The highest BCUT2D eigenvalue weighted by Crippen LogP contribution is 2.27. The van der Waals surface area contributed by atoms with Crippen LogP contribution in [0.25, 0.3) is 11.0 Å². The number of aromatic nitrogens is 4. The Morgan fingerprint density at radius 1 is 1.28 bits per heavy atom. The lowest BCUT2D eigenvalue weighted by molar-refractivity contribution is 0.255. The Balaban J connectivity index is 1.63. The van der Waals surface area contributed by atoms with Gasteiger partial charge in [0.05, 0.1) is 17.8 Å². The lowest BCUT2D eigenvalue weighted by Crippen LogP contribution is -2.31. The minimum atomic E-state index is -0.265. The Labute approximate surface area is 175 Å². The third kappa shape index (κ3) is 4.16. The fourth-order valence-corrected chi connectivity index (χ4v) is 4.11. The van der Waals surface area contributed by atoms with Crippen molar-refractivity contribution in [2.75, 3.05) is 25.0 Å². The average Bonchev–Trinajstić information content (AvgIpc) is 3.31. The molecule has 0 aliphatic carbocycles. The number of H-pyrrole nitrogens is 1. The van der Waals surface area contributed by atoms with Gasteiger partial charge in [0.1, 0.15) is 5.39 Å². The molecule has 1 aromatic carbocycles. The number of nitrogens with zero attached hydrogens (tertiary/aromatic N) is 4. The van der Waals surface area contributed by atoms with Crippen LogP contribution in [0.5, 0.6) is 0 Å². The highest BCUT2D eigenvalue weighted by Gasteiger charge is 2.24. The van der Waals surface area contributed by atoms with Crippen LogP contribution in [-0.4, -0.2) is 44.3 Å². The third-order valence-corrected chi connectivity index (χ3v) is 5.59. The second-order valence-corrected chi connectivity index (χ2v) is 9.01. The van der Waals surface area contributed by atoms with E-state index in [4.69, 9.17) is 11.6 Å². The standard InChI is InChI=1S/C21H27ClN6O/c1-21(2,3)28-18-16(12-24-28)19(29)26-20(25-18)23-13-17(27-9-4-5-10-27)14-7-6-8-15(22)11-14/h6-8,11-12,17H,4-5,9-10,13H2,1-3H3,(H2,23,25,26,29). The molecular formula is C21H27ClN6O. The maximum absolute atomic E-state index is 12.5. The summed E-state index contributed by atoms with van der Waals surface area (Å²) in [4.78, 5) is 22.5. The smallest absolute Gasteiger partial charge is 0.263 e. The van der Waals surface area contributed by atoms with E-state index in [1.165, 1.54) is 12.8 Å². The summed E-state index contributed by atoms with van der Waals surface area (Å²) in [5.41, 5.74) is 1.30. The van der Waals surface area contributed by atoms with E-state index < -0.39 is 0 Å². The summed E-state index contributed by atoms with van der Waals surface area (Å²) in [5, 5.41) is 8.94. The lowest BCUT2D eigenvalue weighted by Gasteiger charge is -2.28. The number of aromatic amines is 1. The molecule has 1 saturated heterocycles. The van der Waals surface area contributed by atoms with Crippen LogP contribution >= 0.6 is 11.6 Å². The average molecular weight is 415 g/mol. The molecule has 0 bridgehead atoms. The molecule has 0 saturated carbocycles. The summed E-state index contributed by atoms with van der Waals surface area (Å²) in [5.74, 6) is 0.458. The Morgan fingerprint density at radius 2 is 2.03 bits per heavy atom. The minimum Gasteiger partial charge on any atom is -0.354 e. The Bertz CT molecular complexity index is 1060. The molecule has 4 rings (SSSR count). The molecule has 0 radical (unpaired) electrons. The molecule has 1 fully saturated rings. The van der Waals surface area contributed by atoms with Crippen molar-refractivity contribution in [2.45, 2.75) is 45.2 Å². The minimum absolute atomic E-state index is 0.157. The molecule has 8 heteroatoms. The second kappa shape index (κ2) is 7.80. The first-order valence-corrected chi connectivity index (χ1v) is 10.4. The summed E-state index contributed by atoms with van der Waals surface area (Å²) in [6.07, 6.45) is 3.97. The number of halogens is 1.